The van der Waals surface area contributed by atoms with Gasteiger partial charge in [-0.15, -0.1) is 0 Å². The summed E-state index contributed by atoms with van der Waals surface area (Å²) >= 11 is 5.11. The van der Waals surface area contributed by atoms with Crippen LogP contribution < -0.4 is 0 Å². The van der Waals surface area contributed by atoms with Crippen molar-refractivity contribution in [2.75, 3.05) is 7.11 Å². The van der Waals surface area contributed by atoms with Crippen LogP contribution >= 0.6 is 27.3 Å². The number of rotatable bonds is 4. The van der Waals surface area contributed by atoms with Crippen LogP contribution in [0.1, 0.15) is 45.5 Å². The fourth-order valence-electron chi connectivity index (χ4n) is 2.22. The molecule has 4 nitrogen and oxygen atoms in total. The van der Waals surface area contributed by atoms with Gasteiger partial charge in [0.15, 0.2) is 0 Å². The van der Waals surface area contributed by atoms with E-state index in [4.69, 9.17) is 14.0 Å². The van der Waals surface area contributed by atoms with Crippen molar-refractivity contribution in [3.8, 4) is 0 Å². The molecule has 0 aliphatic carbocycles. The van der Waals surface area contributed by atoms with Crippen molar-refractivity contribution in [1.82, 2.24) is 0 Å². The standard InChI is InChI=1S/C14H20BBrO4S/c1-13(2)14(3,4)20-15(19-13)10(6-12(17)18-5)9-7-21-8-11(9)16/h7-8,10H,6H2,1-5H3. The van der Waals surface area contributed by atoms with Crippen LogP contribution in [0.5, 0.6) is 0 Å². The molecule has 7 heteroatoms. The number of esters is 1. The lowest BCUT2D eigenvalue weighted by molar-refractivity contribution is -0.140. The number of hydrogen-bond donors (Lipinski definition) is 0. The molecule has 0 bridgehead atoms. The Bertz CT molecular complexity index is 513. The van der Waals surface area contributed by atoms with Gasteiger partial charge in [-0.25, -0.2) is 0 Å². The van der Waals surface area contributed by atoms with Gasteiger partial charge < -0.3 is 14.0 Å². The van der Waals surface area contributed by atoms with E-state index >= 15 is 0 Å². The number of halogens is 1. The summed E-state index contributed by atoms with van der Waals surface area (Å²) < 4.78 is 18.0. The van der Waals surface area contributed by atoms with Crippen molar-refractivity contribution in [2.24, 2.45) is 0 Å². The van der Waals surface area contributed by atoms with Gasteiger partial charge in [0.05, 0.1) is 24.7 Å². The first-order valence-corrected chi connectivity index (χ1v) is 8.55. The van der Waals surface area contributed by atoms with Crippen molar-refractivity contribution >= 4 is 40.4 Å². The summed E-state index contributed by atoms with van der Waals surface area (Å²) in [7, 11) is 0.923. The summed E-state index contributed by atoms with van der Waals surface area (Å²) in [5.74, 6) is -0.466. The van der Waals surface area contributed by atoms with E-state index in [0.29, 0.717) is 0 Å². The van der Waals surface area contributed by atoms with Crippen LogP contribution in [0.4, 0.5) is 0 Å². The molecule has 1 saturated heterocycles. The van der Waals surface area contributed by atoms with Gasteiger partial charge in [-0.2, -0.15) is 11.3 Å². The summed E-state index contributed by atoms with van der Waals surface area (Å²) in [5.41, 5.74) is 0.173. The smallest absolute Gasteiger partial charge is 0.466 e. The molecule has 0 N–H and O–H groups in total. The van der Waals surface area contributed by atoms with Gasteiger partial charge in [-0.05, 0) is 54.6 Å². The second-order valence-corrected chi connectivity index (χ2v) is 7.78. The zero-order valence-electron chi connectivity index (χ0n) is 12.9. The van der Waals surface area contributed by atoms with Crippen LogP contribution in [0.2, 0.25) is 0 Å². The normalized spacial score (nSPS) is 21.3. The van der Waals surface area contributed by atoms with Gasteiger partial charge in [0.25, 0.3) is 0 Å². The third-order valence-corrected chi connectivity index (χ3v) is 6.01. The highest BCUT2D eigenvalue weighted by molar-refractivity contribution is 9.10. The van der Waals surface area contributed by atoms with Crippen molar-refractivity contribution in [3.63, 3.8) is 0 Å². The minimum Gasteiger partial charge on any atom is -0.469 e. The Kier molecular flexibility index (Phi) is 4.88. The van der Waals surface area contributed by atoms with Crippen molar-refractivity contribution in [3.05, 3.63) is 20.8 Å². The van der Waals surface area contributed by atoms with E-state index in [-0.39, 0.29) is 18.2 Å². The molecule has 0 amide bonds. The second kappa shape index (κ2) is 6.03. The fraction of sp³-hybridized carbons (Fsp3) is 0.643. The molecule has 116 valence electrons. The van der Waals surface area contributed by atoms with Crippen LogP contribution in [0.25, 0.3) is 0 Å². The van der Waals surface area contributed by atoms with E-state index in [1.807, 2.05) is 38.5 Å². The summed E-state index contributed by atoms with van der Waals surface area (Å²) in [5, 5.41) is 4.01. The van der Waals surface area contributed by atoms with Crippen LogP contribution in [0.3, 0.4) is 0 Å². The predicted molar refractivity (Wildman–Crippen MR) is 87.5 cm³/mol. The lowest BCUT2D eigenvalue weighted by Gasteiger charge is -2.32. The third-order valence-electron chi connectivity index (χ3n) is 4.26. The molecule has 1 unspecified atom stereocenters. The first kappa shape index (κ1) is 17.0. The summed E-state index contributed by atoms with van der Waals surface area (Å²) in [6.45, 7) is 8.02. The number of carbonyl (C=O) groups is 1. The molecule has 0 saturated carbocycles. The van der Waals surface area contributed by atoms with Crippen molar-refractivity contribution < 1.29 is 18.8 Å². The zero-order chi connectivity index (χ0) is 15.8. The molecular formula is C14H20BBrO4S. The average molecular weight is 375 g/mol. The number of carbonyl (C=O) groups excluding carboxylic acids is 1. The Morgan fingerprint density at radius 2 is 1.90 bits per heavy atom. The molecule has 1 aromatic heterocycles. The van der Waals surface area contributed by atoms with Gasteiger partial charge in [-0.1, -0.05) is 0 Å². The quantitative estimate of drug-likeness (QED) is 0.594. The van der Waals surface area contributed by atoms with E-state index in [1.54, 1.807) is 11.3 Å². The maximum atomic E-state index is 11.8. The van der Waals surface area contributed by atoms with Gasteiger partial charge in [0.1, 0.15) is 0 Å². The number of hydrogen-bond acceptors (Lipinski definition) is 5. The van der Waals surface area contributed by atoms with Crippen LogP contribution in [-0.2, 0) is 18.8 Å². The Balaban J connectivity index is 2.29. The van der Waals surface area contributed by atoms with Crippen molar-refractivity contribution in [1.29, 1.82) is 0 Å². The molecule has 1 aliphatic heterocycles. The van der Waals surface area contributed by atoms with Crippen LogP contribution in [0.15, 0.2) is 15.2 Å². The highest BCUT2D eigenvalue weighted by Gasteiger charge is 2.54. The Hall–Kier alpha value is -0.365. The minimum atomic E-state index is -0.472. The highest BCUT2D eigenvalue weighted by atomic mass is 79.9. The predicted octanol–water partition coefficient (Wildman–Crippen LogP) is 3.79. The SMILES string of the molecule is COC(=O)CC(B1OC(C)(C)C(C)(C)O1)c1cscc1Br. The van der Waals surface area contributed by atoms with Crippen molar-refractivity contribution in [2.45, 2.75) is 51.1 Å². The lowest BCUT2D eigenvalue weighted by atomic mass is 9.67. The topological polar surface area (TPSA) is 44.8 Å². The zero-order valence-corrected chi connectivity index (χ0v) is 15.3. The first-order valence-electron chi connectivity index (χ1n) is 6.82. The molecule has 0 aromatic carbocycles. The van der Waals surface area contributed by atoms with E-state index < -0.39 is 18.3 Å². The van der Waals surface area contributed by atoms with Gasteiger partial charge in [0.2, 0.25) is 0 Å². The molecule has 1 atom stereocenters. The maximum Gasteiger partial charge on any atom is 0.466 e. The van der Waals surface area contributed by atoms with Crippen LogP contribution in [0, 0.1) is 0 Å². The first-order chi connectivity index (χ1) is 9.68. The molecule has 0 spiro atoms. The van der Waals surface area contributed by atoms with E-state index in [9.17, 15) is 4.79 Å². The maximum absolute atomic E-state index is 11.8. The molecule has 1 fully saturated rings. The minimum absolute atomic E-state index is 0.195. The monoisotopic (exact) mass is 374 g/mol. The van der Waals surface area contributed by atoms with E-state index in [1.165, 1.54) is 7.11 Å². The highest BCUT2D eigenvalue weighted by Crippen LogP contribution is 2.43. The van der Waals surface area contributed by atoms with Crippen LogP contribution in [-0.4, -0.2) is 31.4 Å². The van der Waals surface area contributed by atoms with Gasteiger partial charge in [0, 0.05) is 15.7 Å². The average Bonchev–Trinajstić information content (AvgIpc) is 2.88. The number of thiophene rings is 1. The third kappa shape index (κ3) is 3.36. The largest absolute Gasteiger partial charge is 0.469 e. The lowest BCUT2D eigenvalue weighted by Crippen LogP contribution is -2.41. The Labute approximate surface area is 138 Å². The van der Waals surface area contributed by atoms with Gasteiger partial charge in [-0.3, -0.25) is 4.79 Å². The summed E-state index contributed by atoms with van der Waals surface area (Å²) in [6, 6.07) is 0. The molecule has 0 radical (unpaired) electrons. The summed E-state index contributed by atoms with van der Waals surface area (Å²) in [4.78, 5) is 11.8. The molecule has 1 aliphatic rings. The molecule has 2 heterocycles. The molecule has 1 aromatic rings. The molecule has 21 heavy (non-hydrogen) atoms. The Morgan fingerprint density at radius 1 is 1.33 bits per heavy atom. The molecule has 2 rings (SSSR count). The number of methoxy groups -OCH3 is 1. The van der Waals surface area contributed by atoms with Gasteiger partial charge >= 0.3 is 13.1 Å². The van der Waals surface area contributed by atoms with E-state index in [2.05, 4.69) is 15.9 Å². The second-order valence-electron chi connectivity index (χ2n) is 6.19. The molecular weight excluding hydrogens is 355 g/mol. The summed E-state index contributed by atoms with van der Waals surface area (Å²) in [6.07, 6.45) is 0.225. The van der Waals surface area contributed by atoms with E-state index in [0.717, 1.165) is 10.0 Å². The number of ether oxygens (including phenoxy) is 1. The fourth-order valence-corrected chi connectivity index (χ4v) is 3.88. The Morgan fingerprint density at radius 3 is 2.33 bits per heavy atom.